The van der Waals surface area contributed by atoms with E-state index in [0.29, 0.717) is 18.5 Å². The number of benzene rings is 2. The lowest BCUT2D eigenvalue weighted by atomic mass is 10.0. The normalized spacial score (nSPS) is 13.4. The van der Waals surface area contributed by atoms with Gasteiger partial charge in [-0.05, 0) is 56.2 Å². The Hall–Kier alpha value is -5.14. The van der Waals surface area contributed by atoms with Gasteiger partial charge in [-0.15, -0.1) is 0 Å². The number of carbonyl (C=O) groups excluding carboxylic acids is 3. The minimum atomic E-state index is -1.32. The van der Waals surface area contributed by atoms with E-state index in [1.54, 1.807) is 6.92 Å². The molecular weight excluding hydrogens is 530 g/mol. The molecule has 0 saturated heterocycles. The van der Waals surface area contributed by atoms with E-state index in [1.807, 2.05) is 0 Å². The van der Waals surface area contributed by atoms with Crippen molar-refractivity contribution in [2.24, 2.45) is 10.6 Å². The van der Waals surface area contributed by atoms with Crippen molar-refractivity contribution in [3.63, 3.8) is 0 Å². The standard InChI is InChI=1S/C26H24F2N6O6/c1-2-38-21(35)13-39-32-12-18-22(29)30-14-31-23(18)40-20-8-7-17(11-19(20)28)34-25(37)26(9-10-26)24(36)33-16-5-3-15(27)4-6-16/h3-8,11-12,14H,2,9-10,13H2,1H3,(H,33,36)(H,34,37)(H2,29,30,31)/b32-12+. The van der Waals surface area contributed by atoms with Gasteiger partial charge in [-0.25, -0.2) is 23.5 Å². The van der Waals surface area contributed by atoms with Crippen molar-refractivity contribution in [2.75, 3.05) is 29.6 Å². The van der Waals surface area contributed by atoms with Gasteiger partial charge in [-0.1, -0.05) is 5.16 Å². The Labute approximate surface area is 226 Å². The second-order valence-electron chi connectivity index (χ2n) is 8.54. The average Bonchev–Trinajstić information content (AvgIpc) is 3.73. The van der Waals surface area contributed by atoms with Gasteiger partial charge in [-0.3, -0.25) is 9.59 Å². The molecule has 2 amide bonds. The number of amides is 2. The van der Waals surface area contributed by atoms with Crippen LogP contribution in [0.4, 0.5) is 26.0 Å². The monoisotopic (exact) mass is 554 g/mol. The van der Waals surface area contributed by atoms with Gasteiger partial charge in [0.25, 0.3) is 0 Å². The van der Waals surface area contributed by atoms with Crippen molar-refractivity contribution in [3.8, 4) is 11.6 Å². The third-order valence-corrected chi connectivity index (χ3v) is 5.74. The molecule has 0 aliphatic heterocycles. The molecule has 14 heteroatoms. The zero-order valence-corrected chi connectivity index (χ0v) is 21.1. The molecule has 0 bridgehead atoms. The zero-order chi connectivity index (χ0) is 28.7. The number of nitrogens with two attached hydrogens (primary N) is 1. The third kappa shape index (κ3) is 6.64. The topological polar surface area (TPSA) is 167 Å². The van der Waals surface area contributed by atoms with Crippen molar-refractivity contribution in [3.05, 3.63) is 66.0 Å². The quantitative estimate of drug-likeness (QED) is 0.139. The van der Waals surface area contributed by atoms with Crippen LogP contribution in [-0.2, 0) is 24.0 Å². The predicted octanol–water partition coefficient (Wildman–Crippen LogP) is 3.40. The second kappa shape index (κ2) is 12.1. The lowest BCUT2D eigenvalue weighted by molar-refractivity contribution is -0.148. The first-order chi connectivity index (χ1) is 19.2. The van der Waals surface area contributed by atoms with Crippen LogP contribution in [0.25, 0.3) is 0 Å². The smallest absolute Gasteiger partial charge is 0.347 e. The number of halogens is 2. The summed E-state index contributed by atoms with van der Waals surface area (Å²) < 4.78 is 38.3. The average molecular weight is 555 g/mol. The van der Waals surface area contributed by atoms with Crippen LogP contribution in [0.1, 0.15) is 25.3 Å². The van der Waals surface area contributed by atoms with Gasteiger partial charge >= 0.3 is 5.97 Å². The predicted molar refractivity (Wildman–Crippen MR) is 138 cm³/mol. The van der Waals surface area contributed by atoms with Crippen LogP contribution in [0, 0.1) is 17.0 Å². The van der Waals surface area contributed by atoms with Crippen molar-refractivity contribution >= 4 is 41.2 Å². The number of nitrogen functional groups attached to an aromatic ring is 1. The molecule has 1 aliphatic rings. The molecule has 1 aromatic heterocycles. The van der Waals surface area contributed by atoms with Crippen LogP contribution >= 0.6 is 0 Å². The molecule has 0 radical (unpaired) electrons. The maximum absolute atomic E-state index is 14.9. The Balaban J connectivity index is 1.41. The van der Waals surface area contributed by atoms with Gasteiger partial charge < -0.3 is 30.7 Å². The number of nitrogens with one attached hydrogen (secondary N) is 2. The van der Waals surface area contributed by atoms with Crippen LogP contribution in [0.3, 0.4) is 0 Å². The first kappa shape index (κ1) is 27.9. The molecule has 0 atom stereocenters. The van der Waals surface area contributed by atoms with E-state index >= 15 is 0 Å². The second-order valence-corrected chi connectivity index (χ2v) is 8.54. The van der Waals surface area contributed by atoms with E-state index in [9.17, 15) is 23.2 Å². The van der Waals surface area contributed by atoms with Crippen LogP contribution in [-0.4, -0.2) is 47.2 Å². The fourth-order valence-electron chi connectivity index (χ4n) is 3.46. The van der Waals surface area contributed by atoms with Crippen molar-refractivity contribution < 1.29 is 37.5 Å². The van der Waals surface area contributed by atoms with Gasteiger partial charge in [0.15, 0.2) is 11.6 Å². The molecule has 1 heterocycles. The molecule has 1 fully saturated rings. The van der Waals surface area contributed by atoms with Crippen molar-refractivity contribution in [2.45, 2.75) is 19.8 Å². The van der Waals surface area contributed by atoms with Gasteiger partial charge in [0.2, 0.25) is 24.3 Å². The SMILES string of the molecule is CCOC(=O)CO/N=C/c1c(N)ncnc1Oc1ccc(NC(=O)C2(C(=O)Nc3ccc(F)cc3)CC2)cc1F. The minimum absolute atomic E-state index is 0.0496. The highest BCUT2D eigenvalue weighted by atomic mass is 19.1. The summed E-state index contributed by atoms with van der Waals surface area (Å²) >= 11 is 0. The Morgan fingerprint density at radius 1 is 1.05 bits per heavy atom. The highest BCUT2D eigenvalue weighted by Crippen LogP contribution is 2.47. The highest BCUT2D eigenvalue weighted by Gasteiger charge is 2.56. The molecule has 0 unspecified atom stereocenters. The Morgan fingerprint density at radius 2 is 1.73 bits per heavy atom. The summed E-state index contributed by atoms with van der Waals surface area (Å²) in [7, 11) is 0. The molecule has 4 rings (SSSR count). The summed E-state index contributed by atoms with van der Waals surface area (Å²) in [6.45, 7) is 1.39. The number of hydrogen-bond acceptors (Lipinski definition) is 10. The van der Waals surface area contributed by atoms with Crippen LogP contribution in [0.2, 0.25) is 0 Å². The number of anilines is 3. The molecule has 4 N–H and O–H groups in total. The lowest BCUT2D eigenvalue weighted by Gasteiger charge is -2.16. The van der Waals surface area contributed by atoms with Crippen molar-refractivity contribution in [1.29, 1.82) is 0 Å². The van der Waals surface area contributed by atoms with Crippen LogP contribution in [0.5, 0.6) is 11.6 Å². The third-order valence-electron chi connectivity index (χ3n) is 5.74. The van der Waals surface area contributed by atoms with Crippen LogP contribution in [0.15, 0.2) is 53.9 Å². The summed E-state index contributed by atoms with van der Waals surface area (Å²) in [5.74, 6) is -3.54. The van der Waals surface area contributed by atoms with E-state index in [1.165, 1.54) is 36.4 Å². The minimum Gasteiger partial charge on any atom is -0.463 e. The van der Waals surface area contributed by atoms with Gasteiger partial charge in [0.1, 0.15) is 28.9 Å². The van der Waals surface area contributed by atoms with Gasteiger partial charge in [-0.2, -0.15) is 0 Å². The number of ether oxygens (including phenoxy) is 2. The van der Waals surface area contributed by atoms with E-state index < -0.39 is 41.4 Å². The fraction of sp³-hybridized carbons (Fsp3) is 0.231. The number of carbonyl (C=O) groups is 3. The van der Waals surface area contributed by atoms with E-state index in [2.05, 4.69) is 25.8 Å². The fourth-order valence-corrected chi connectivity index (χ4v) is 3.46. The summed E-state index contributed by atoms with van der Waals surface area (Å²) in [5.41, 5.74) is 5.03. The zero-order valence-electron chi connectivity index (χ0n) is 21.1. The van der Waals surface area contributed by atoms with Gasteiger partial charge in [0, 0.05) is 17.4 Å². The molecule has 1 aliphatic carbocycles. The lowest BCUT2D eigenvalue weighted by Crippen LogP contribution is -2.35. The Morgan fingerprint density at radius 3 is 2.38 bits per heavy atom. The summed E-state index contributed by atoms with van der Waals surface area (Å²) in [6.07, 6.45) is 2.81. The van der Waals surface area contributed by atoms with Gasteiger partial charge in [0.05, 0.1) is 12.8 Å². The largest absolute Gasteiger partial charge is 0.463 e. The van der Waals surface area contributed by atoms with E-state index in [4.69, 9.17) is 20.0 Å². The molecule has 208 valence electrons. The Bertz CT molecular complexity index is 1450. The Kier molecular flexibility index (Phi) is 8.47. The maximum Gasteiger partial charge on any atom is 0.347 e. The van der Waals surface area contributed by atoms with Crippen LogP contribution < -0.4 is 21.1 Å². The summed E-state index contributed by atoms with van der Waals surface area (Å²) in [5, 5.41) is 8.76. The van der Waals surface area contributed by atoms with Crippen molar-refractivity contribution in [1.82, 2.24) is 9.97 Å². The molecule has 12 nitrogen and oxygen atoms in total. The molecule has 0 spiro atoms. The number of aromatic nitrogens is 2. The number of esters is 1. The summed E-state index contributed by atoms with van der Waals surface area (Å²) in [4.78, 5) is 49.6. The molecular formula is C26H24F2N6O6. The van der Waals surface area contributed by atoms with E-state index in [-0.39, 0.29) is 35.3 Å². The number of rotatable bonds is 11. The maximum atomic E-state index is 14.9. The number of oxime groups is 1. The molecule has 40 heavy (non-hydrogen) atoms. The number of hydrogen-bond donors (Lipinski definition) is 3. The highest BCUT2D eigenvalue weighted by molar-refractivity contribution is 6.16. The molecule has 3 aromatic rings. The first-order valence-corrected chi connectivity index (χ1v) is 12.0. The molecule has 2 aromatic carbocycles. The molecule has 1 saturated carbocycles. The number of nitrogens with zero attached hydrogens (tertiary/aromatic N) is 3. The summed E-state index contributed by atoms with van der Waals surface area (Å²) in [6, 6.07) is 8.79. The first-order valence-electron chi connectivity index (χ1n) is 12.0. The van der Waals surface area contributed by atoms with E-state index in [0.717, 1.165) is 18.6 Å².